The van der Waals surface area contributed by atoms with Gasteiger partial charge in [-0.1, -0.05) is 64.5 Å². The molecule has 0 radical (unpaired) electrons. The first-order valence-electron chi connectivity index (χ1n) is 11.0. The van der Waals surface area contributed by atoms with Crippen LogP contribution in [0.3, 0.4) is 0 Å². The van der Waals surface area contributed by atoms with E-state index in [2.05, 4.69) is 21.2 Å². The fraction of sp³-hybridized carbons (Fsp3) is 0.179. The van der Waals surface area contributed by atoms with Crippen LogP contribution in [-0.4, -0.2) is 30.5 Å². The largest absolute Gasteiger partial charge is 0.468 e. The first-order valence-corrected chi connectivity index (χ1v) is 11.8. The standard InChI is InChI=1S/C28H24BrFN2O3/c1-17-24(20-15-19(29)13-14-23(20)32-25(17)18-9-5-4-6-10-18)26(33)31-16-28(2,27(34)35-3)21-11-7-8-12-22(21)30/h4-15H,16H2,1-3H3,(H,31,33). The minimum absolute atomic E-state index is 0.149. The van der Waals surface area contributed by atoms with Gasteiger partial charge in [-0.15, -0.1) is 0 Å². The van der Waals surface area contributed by atoms with E-state index in [-0.39, 0.29) is 12.1 Å². The minimum Gasteiger partial charge on any atom is -0.468 e. The third-order valence-electron chi connectivity index (χ3n) is 6.17. The average Bonchev–Trinajstić information content (AvgIpc) is 2.87. The SMILES string of the molecule is COC(=O)C(C)(CNC(=O)c1c(C)c(-c2ccccc2)nc2ccc(Br)cc12)c1ccccc1F. The van der Waals surface area contributed by atoms with Gasteiger partial charge < -0.3 is 10.1 Å². The number of aromatic nitrogens is 1. The Balaban J connectivity index is 1.79. The number of nitrogens with zero attached hydrogens (tertiary/aromatic N) is 1. The van der Waals surface area contributed by atoms with Crippen LogP contribution in [0.1, 0.15) is 28.4 Å². The summed E-state index contributed by atoms with van der Waals surface area (Å²) in [5, 5.41) is 3.53. The number of halogens is 2. The topological polar surface area (TPSA) is 68.3 Å². The van der Waals surface area contributed by atoms with E-state index in [9.17, 15) is 14.0 Å². The maximum Gasteiger partial charge on any atom is 0.317 e. The Labute approximate surface area is 211 Å². The lowest BCUT2D eigenvalue weighted by atomic mass is 9.81. The molecule has 1 N–H and O–H groups in total. The number of rotatable bonds is 6. The van der Waals surface area contributed by atoms with Gasteiger partial charge in [0.15, 0.2) is 0 Å². The third-order valence-corrected chi connectivity index (χ3v) is 6.66. The van der Waals surface area contributed by atoms with Crippen molar-refractivity contribution < 1.29 is 18.7 Å². The molecule has 1 aromatic heterocycles. The number of fused-ring (bicyclic) bond motifs is 1. The normalized spacial score (nSPS) is 12.7. The van der Waals surface area contributed by atoms with Crippen LogP contribution >= 0.6 is 15.9 Å². The lowest BCUT2D eigenvalue weighted by molar-refractivity contribution is -0.146. The zero-order valence-corrected chi connectivity index (χ0v) is 21.1. The van der Waals surface area contributed by atoms with Crippen LogP contribution in [-0.2, 0) is 14.9 Å². The molecule has 0 bridgehead atoms. The van der Waals surface area contributed by atoms with E-state index >= 15 is 0 Å². The Kier molecular flexibility index (Phi) is 6.98. The molecule has 1 atom stereocenters. The first kappa shape index (κ1) is 24.5. The van der Waals surface area contributed by atoms with E-state index < -0.39 is 23.1 Å². The molecule has 0 spiro atoms. The van der Waals surface area contributed by atoms with Gasteiger partial charge in [0.1, 0.15) is 11.2 Å². The summed E-state index contributed by atoms with van der Waals surface area (Å²) in [4.78, 5) is 31.2. The molecule has 0 aliphatic rings. The number of esters is 1. The Hall–Kier alpha value is -3.58. The summed E-state index contributed by atoms with van der Waals surface area (Å²) in [7, 11) is 1.24. The molecule has 1 unspecified atom stereocenters. The van der Waals surface area contributed by atoms with Gasteiger partial charge in [-0.05, 0) is 43.7 Å². The summed E-state index contributed by atoms with van der Waals surface area (Å²) in [5.74, 6) is -1.58. The molecule has 1 heterocycles. The molecular weight excluding hydrogens is 511 g/mol. The van der Waals surface area contributed by atoms with Crippen molar-refractivity contribution in [3.63, 3.8) is 0 Å². The van der Waals surface area contributed by atoms with E-state index in [1.165, 1.54) is 19.2 Å². The smallest absolute Gasteiger partial charge is 0.317 e. The van der Waals surface area contributed by atoms with Gasteiger partial charge in [-0.3, -0.25) is 9.59 Å². The number of carbonyl (C=O) groups excluding carboxylic acids is 2. The van der Waals surface area contributed by atoms with Crippen molar-refractivity contribution in [2.24, 2.45) is 0 Å². The highest BCUT2D eigenvalue weighted by molar-refractivity contribution is 9.10. The third kappa shape index (κ3) is 4.68. The number of nitrogens with one attached hydrogen (secondary N) is 1. The highest BCUT2D eigenvalue weighted by Gasteiger charge is 2.39. The van der Waals surface area contributed by atoms with Crippen LogP contribution in [0.2, 0.25) is 0 Å². The van der Waals surface area contributed by atoms with Crippen LogP contribution in [0.25, 0.3) is 22.2 Å². The molecule has 7 heteroatoms. The molecule has 178 valence electrons. The van der Waals surface area contributed by atoms with Crippen molar-refractivity contribution in [1.29, 1.82) is 0 Å². The van der Waals surface area contributed by atoms with Crippen LogP contribution < -0.4 is 5.32 Å². The van der Waals surface area contributed by atoms with Gasteiger partial charge in [0, 0.05) is 27.5 Å². The summed E-state index contributed by atoms with van der Waals surface area (Å²) in [6, 6.07) is 21.2. The van der Waals surface area contributed by atoms with Crippen molar-refractivity contribution in [3.8, 4) is 11.3 Å². The molecule has 3 aromatic carbocycles. The second kappa shape index (κ2) is 9.96. The Morgan fingerprint density at radius 1 is 1.06 bits per heavy atom. The number of methoxy groups -OCH3 is 1. The number of hydrogen-bond donors (Lipinski definition) is 1. The van der Waals surface area contributed by atoms with E-state index in [4.69, 9.17) is 9.72 Å². The van der Waals surface area contributed by atoms with Gasteiger partial charge in [0.25, 0.3) is 5.91 Å². The van der Waals surface area contributed by atoms with Gasteiger partial charge in [-0.25, -0.2) is 9.37 Å². The second-order valence-corrected chi connectivity index (χ2v) is 9.39. The van der Waals surface area contributed by atoms with Crippen LogP contribution in [0.5, 0.6) is 0 Å². The lowest BCUT2D eigenvalue weighted by Crippen LogP contribution is -2.45. The molecule has 0 aliphatic heterocycles. The summed E-state index contributed by atoms with van der Waals surface area (Å²) in [6.07, 6.45) is 0. The van der Waals surface area contributed by atoms with Crippen LogP contribution in [0.15, 0.2) is 77.3 Å². The lowest BCUT2D eigenvalue weighted by Gasteiger charge is -2.28. The summed E-state index contributed by atoms with van der Waals surface area (Å²) < 4.78 is 20.4. The van der Waals surface area contributed by atoms with E-state index in [1.807, 2.05) is 55.5 Å². The number of carbonyl (C=O) groups is 2. The Bertz CT molecular complexity index is 1420. The van der Waals surface area contributed by atoms with Crippen molar-refractivity contribution in [2.75, 3.05) is 13.7 Å². The molecule has 4 rings (SSSR count). The molecule has 5 nitrogen and oxygen atoms in total. The van der Waals surface area contributed by atoms with Gasteiger partial charge in [0.2, 0.25) is 0 Å². The highest BCUT2D eigenvalue weighted by atomic mass is 79.9. The van der Waals surface area contributed by atoms with E-state index in [1.54, 1.807) is 19.1 Å². The van der Waals surface area contributed by atoms with Crippen LogP contribution in [0, 0.1) is 12.7 Å². The molecule has 4 aromatic rings. The molecule has 1 amide bonds. The fourth-order valence-electron chi connectivity index (χ4n) is 4.26. The zero-order valence-electron chi connectivity index (χ0n) is 19.6. The number of benzene rings is 3. The summed E-state index contributed by atoms with van der Waals surface area (Å²) in [6.45, 7) is 3.25. The number of amides is 1. The Morgan fingerprint density at radius 3 is 2.43 bits per heavy atom. The molecule has 0 saturated carbocycles. The average molecular weight is 535 g/mol. The highest BCUT2D eigenvalue weighted by Crippen LogP contribution is 2.32. The predicted molar refractivity (Wildman–Crippen MR) is 138 cm³/mol. The fourth-order valence-corrected chi connectivity index (χ4v) is 4.62. The van der Waals surface area contributed by atoms with Crippen molar-refractivity contribution in [2.45, 2.75) is 19.3 Å². The first-order chi connectivity index (χ1) is 16.8. The monoisotopic (exact) mass is 534 g/mol. The van der Waals surface area contributed by atoms with E-state index in [0.717, 1.165) is 10.0 Å². The van der Waals surface area contributed by atoms with Gasteiger partial charge >= 0.3 is 5.97 Å². The van der Waals surface area contributed by atoms with Crippen LogP contribution in [0.4, 0.5) is 4.39 Å². The van der Waals surface area contributed by atoms with Gasteiger partial charge in [-0.2, -0.15) is 0 Å². The maximum atomic E-state index is 14.7. The number of ether oxygens (including phenoxy) is 1. The molecule has 0 saturated heterocycles. The van der Waals surface area contributed by atoms with Crippen molar-refractivity contribution in [1.82, 2.24) is 10.3 Å². The maximum absolute atomic E-state index is 14.7. The second-order valence-electron chi connectivity index (χ2n) is 8.47. The number of hydrogen-bond acceptors (Lipinski definition) is 4. The number of pyridine rings is 1. The summed E-state index contributed by atoms with van der Waals surface area (Å²) >= 11 is 3.48. The quantitative estimate of drug-likeness (QED) is 0.309. The Morgan fingerprint density at radius 2 is 1.74 bits per heavy atom. The van der Waals surface area contributed by atoms with E-state index in [0.29, 0.717) is 27.7 Å². The van der Waals surface area contributed by atoms with Crippen molar-refractivity contribution >= 4 is 38.7 Å². The molecular formula is C28H24BrFN2O3. The molecule has 35 heavy (non-hydrogen) atoms. The van der Waals surface area contributed by atoms with Crippen molar-refractivity contribution in [3.05, 3.63) is 99.8 Å². The van der Waals surface area contributed by atoms with Gasteiger partial charge in [0.05, 0.1) is 23.9 Å². The summed E-state index contributed by atoms with van der Waals surface area (Å²) in [5.41, 5.74) is 2.10. The molecule has 0 aliphatic carbocycles. The predicted octanol–water partition coefficient (Wildman–Crippen LogP) is 5.97. The molecule has 0 fully saturated rings. The minimum atomic E-state index is -1.42. The zero-order chi connectivity index (χ0) is 25.2.